The van der Waals surface area contributed by atoms with Crippen molar-refractivity contribution in [1.82, 2.24) is 4.98 Å². The molecule has 3 aromatic rings. The lowest BCUT2D eigenvalue weighted by Crippen LogP contribution is -2.03. The first kappa shape index (κ1) is 16.8. The Morgan fingerprint density at radius 3 is 2.24 bits per heavy atom. The zero-order valence-electron chi connectivity index (χ0n) is 13.2. The number of halogens is 3. The molecule has 25 heavy (non-hydrogen) atoms. The first-order chi connectivity index (χ1) is 12.0. The molecular weight excluding hydrogens is 331 g/mol. The molecule has 0 bridgehead atoms. The van der Waals surface area contributed by atoms with Crippen molar-refractivity contribution in [2.45, 2.75) is 6.18 Å². The zero-order valence-corrected chi connectivity index (χ0v) is 13.2. The Hall–Kier alpha value is -3.02. The first-order valence-corrected chi connectivity index (χ1v) is 7.41. The van der Waals surface area contributed by atoms with Gasteiger partial charge in [-0.05, 0) is 41.5 Å². The molecule has 0 atom stereocenters. The molecule has 0 radical (unpaired) electrons. The minimum atomic E-state index is -4.35. The molecule has 0 unspecified atom stereocenters. The largest absolute Gasteiger partial charge is 0.497 e. The van der Waals surface area contributed by atoms with E-state index in [1.165, 1.54) is 12.1 Å². The summed E-state index contributed by atoms with van der Waals surface area (Å²) in [7, 11) is 1.56. The van der Waals surface area contributed by atoms with Crippen LogP contribution in [-0.4, -0.2) is 12.1 Å². The van der Waals surface area contributed by atoms with Gasteiger partial charge < -0.3 is 9.47 Å². The highest BCUT2D eigenvalue weighted by Crippen LogP contribution is 2.32. The van der Waals surface area contributed by atoms with Crippen LogP contribution >= 0.6 is 0 Å². The first-order valence-electron chi connectivity index (χ1n) is 7.41. The van der Waals surface area contributed by atoms with Crippen LogP contribution in [0.2, 0.25) is 0 Å². The van der Waals surface area contributed by atoms with Gasteiger partial charge in [-0.15, -0.1) is 0 Å². The van der Waals surface area contributed by atoms with Crippen molar-refractivity contribution in [3.63, 3.8) is 0 Å². The highest BCUT2D eigenvalue weighted by molar-refractivity contribution is 5.64. The number of aromatic nitrogens is 1. The number of methoxy groups -OCH3 is 1. The van der Waals surface area contributed by atoms with Crippen molar-refractivity contribution in [3.8, 4) is 28.5 Å². The van der Waals surface area contributed by atoms with Crippen molar-refractivity contribution < 1.29 is 22.6 Å². The van der Waals surface area contributed by atoms with Crippen molar-refractivity contribution in [2.75, 3.05) is 7.11 Å². The highest BCUT2D eigenvalue weighted by Gasteiger charge is 2.29. The summed E-state index contributed by atoms with van der Waals surface area (Å²) in [5.74, 6) is 1.54. The number of alkyl halides is 3. The maximum Gasteiger partial charge on any atom is 0.416 e. The Morgan fingerprint density at radius 1 is 0.840 bits per heavy atom. The van der Waals surface area contributed by atoms with Gasteiger partial charge in [-0.3, -0.25) is 0 Å². The van der Waals surface area contributed by atoms with E-state index in [0.29, 0.717) is 28.5 Å². The Morgan fingerprint density at radius 2 is 1.56 bits per heavy atom. The van der Waals surface area contributed by atoms with Crippen LogP contribution in [0.4, 0.5) is 13.2 Å². The molecule has 1 aromatic heterocycles. The van der Waals surface area contributed by atoms with Gasteiger partial charge in [0, 0.05) is 18.3 Å². The lowest BCUT2D eigenvalue weighted by atomic mass is 10.0. The smallest absolute Gasteiger partial charge is 0.416 e. The molecule has 0 aliphatic rings. The number of nitrogens with zero attached hydrogens (tertiary/aromatic N) is 1. The van der Waals surface area contributed by atoms with E-state index in [9.17, 15) is 13.2 Å². The normalized spacial score (nSPS) is 11.2. The van der Waals surface area contributed by atoms with Crippen molar-refractivity contribution in [1.29, 1.82) is 0 Å². The van der Waals surface area contributed by atoms with Crippen LogP contribution in [0.3, 0.4) is 0 Å². The van der Waals surface area contributed by atoms with E-state index in [2.05, 4.69) is 4.98 Å². The highest BCUT2D eigenvalue weighted by atomic mass is 19.4. The molecule has 0 amide bonds. The van der Waals surface area contributed by atoms with E-state index in [4.69, 9.17) is 9.47 Å². The van der Waals surface area contributed by atoms with Crippen molar-refractivity contribution in [2.24, 2.45) is 0 Å². The SMILES string of the molecule is COc1cccc(Oc2cc(-c3ccc(C(F)(F)F)cc3)ccn2)c1. The average Bonchev–Trinajstić information content (AvgIpc) is 2.61. The van der Waals surface area contributed by atoms with E-state index >= 15 is 0 Å². The summed E-state index contributed by atoms with van der Waals surface area (Å²) in [4.78, 5) is 4.13. The van der Waals surface area contributed by atoms with E-state index in [0.717, 1.165) is 12.1 Å². The molecule has 0 saturated heterocycles. The van der Waals surface area contributed by atoms with Crippen molar-refractivity contribution in [3.05, 3.63) is 72.4 Å². The summed E-state index contributed by atoms with van der Waals surface area (Å²) in [6, 6.07) is 15.4. The maximum absolute atomic E-state index is 12.7. The minimum Gasteiger partial charge on any atom is -0.497 e. The topological polar surface area (TPSA) is 31.4 Å². The number of rotatable bonds is 4. The predicted molar refractivity (Wildman–Crippen MR) is 87.7 cm³/mol. The van der Waals surface area contributed by atoms with Crippen molar-refractivity contribution >= 4 is 0 Å². The summed E-state index contributed by atoms with van der Waals surface area (Å²) < 4.78 is 48.8. The standard InChI is InChI=1S/C19H14F3NO2/c1-24-16-3-2-4-17(12-16)25-18-11-14(9-10-23-18)13-5-7-15(8-6-13)19(20,21)22/h2-12H,1H3. The van der Waals surface area contributed by atoms with Gasteiger partial charge in [-0.25, -0.2) is 4.98 Å². The predicted octanol–water partition coefficient (Wildman–Crippen LogP) is 5.57. The van der Waals surface area contributed by atoms with Crippen LogP contribution in [0, 0.1) is 0 Å². The van der Waals surface area contributed by atoms with E-state index in [1.54, 1.807) is 49.7 Å². The van der Waals surface area contributed by atoms with Gasteiger partial charge in [0.1, 0.15) is 11.5 Å². The fraction of sp³-hybridized carbons (Fsp3) is 0.105. The second-order valence-electron chi connectivity index (χ2n) is 5.24. The summed E-state index contributed by atoms with van der Waals surface area (Å²) in [6.45, 7) is 0. The molecule has 2 aromatic carbocycles. The van der Waals surface area contributed by atoms with Crippen LogP contribution in [0.1, 0.15) is 5.56 Å². The minimum absolute atomic E-state index is 0.339. The van der Waals surface area contributed by atoms with Crippen LogP contribution in [-0.2, 0) is 6.18 Å². The number of benzene rings is 2. The molecule has 3 rings (SSSR count). The second kappa shape index (κ2) is 6.84. The molecule has 3 nitrogen and oxygen atoms in total. The third kappa shape index (κ3) is 4.09. The third-order valence-corrected chi connectivity index (χ3v) is 3.54. The lowest BCUT2D eigenvalue weighted by Gasteiger charge is -2.09. The monoisotopic (exact) mass is 345 g/mol. The molecule has 1 heterocycles. The molecule has 0 N–H and O–H groups in total. The number of hydrogen-bond acceptors (Lipinski definition) is 3. The van der Waals surface area contributed by atoms with Crippen LogP contribution in [0.5, 0.6) is 17.4 Å². The summed E-state index contributed by atoms with van der Waals surface area (Å²) in [6.07, 6.45) is -2.81. The maximum atomic E-state index is 12.7. The van der Waals surface area contributed by atoms with Gasteiger partial charge in [0.25, 0.3) is 0 Å². The number of pyridine rings is 1. The fourth-order valence-corrected chi connectivity index (χ4v) is 2.28. The van der Waals surface area contributed by atoms with Gasteiger partial charge in [0.05, 0.1) is 12.7 Å². The molecule has 0 spiro atoms. The summed E-state index contributed by atoms with van der Waals surface area (Å²) in [5.41, 5.74) is 0.672. The molecule has 0 aliphatic heterocycles. The van der Waals surface area contributed by atoms with Gasteiger partial charge in [0.15, 0.2) is 0 Å². The molecule has 128 valence electrons. The Labute approximate surface area is 142 Å². The summed E-state index contributed by atoms with van der Waals surface area (Å²) in [5, 5.41) is 0. The Kier molecular flexibility index (Phi) is 4.61. The summed E-state index contributed by atoms with van der Waals surface area (Å²) >= 11 is 0. The van der Waals surface area contributed by atoms with E-state index in [-0.39, 0.29) is 0 Å². The molecule has 6 heteroatoms. The average molecular weight is 345 g/mol. The fourth-order valence-electron chi connectivity index (χ4n) is 2.28. The Balaban J connectivity index is 1.83. The van der Waals surface area contributed by atoms with Crippen LogP contribution < -0.4 is 9.47 Å². The third-order valence-electron chi connectivity index (χ3n) is 3.54. The second-order valence-corrected chi connectivity index (χ2v) is 5.24. The number of ether oxygens (including phenoxy) is 2. The molecule has 0 aliphatic carbocycles. The van der Waals surface area contributed by atoms with Crippen LogP contribution in [0.25, 0.3) is 11.1 Å². The van der Waals surface area contributed by atoms with Crippen LogP contribution in [0.15, 0.2) is 66.9 Å². The molecular formula is C19H14F3NO2. The van der Waals surface area contributed by atoms with Gasteiger partial charge >= 0.3 is 6.18 Å². The van der Waals surface area contributed by atoms with E-state index in [1.807, 2.05) is 0 Å². The van der Waals surface area contributed by atoms with E-state index < -0.39 is 11.7 Å². The molecule has 0 saturated carbocycles. The zero-order chi connectivity index (χ0) is 17.9. The number of hydrogen-bond donors (Lipinski definition) is 0. The Bertz CT molecular complexity index is 861. The quantitative estimate of drug-likeness (QED) is 0.619. The lowest BCUT2D eigenvalue weighted by molar-refractivity contribution is -0.137. The molecule has 0 fully saturated rings. The van der Waals surface area contributed by atoms with Gasteiger partial charge in [0.2, 0.25) is 5.88 Å². The van der Waals surface area contributed by atoms with Gasteiger partial charge in [-0.2, -0.15) is 13.2 Å². The van der Waals surface area contributed by atoms with Gasteiger partial charge in [-0.1, -0.05) is 18.2 Å².